The molecule has 112 valence electrons. The molecule has 0 radical (unpaired) electrons. The molecule has 1 aromatic rings. The van der Waals surface area contributed by atoms with Crippen LogP contribution in [0.25, 0.3) is 0 Å². The zero-order valence-corrected chi connectivity index (χ0v) is 14.0. The number of halogens is 1. The van der Waals surface area contributed by atoms with E-state index in [9.17, 15) is 0 Å². The number of likely N-dealkylation sites (tertiary alicyclic amines) is 1. The minimum atomic E-state index is 0.751. The van der Waals surface area contributed by atoms with Gasteiger partial charge >= 0.3 is 0 Å². The van der Waals surface area contributed by atoms with Crippen LogP contribution in [-0.2, 0) is 6.54 Å². The van der Waals surface area contributed by atoms with Gasteiger partial charge in [-0.15, -0.1) is 0 Å². The number of nitrogens with zero attached hydrogens (tertiary/aromatic N) is 1. The number of ether oxygens (including phenoxy) is 2. The molecular weight excluding hydrogens is 320 g/mol. The maximum Gasteiger partial charge on any atom is 0.161 e. The van der Waals surface area contributed by atoms with E-state index in [1.807, 2.05) is 12.1 Å². The van der Waals surface area contributed by atoms with E-state index in [-0.39, 0.29) is 0 Å². The summed E-state index contributed by atoms with van der Waals surface area (Å²) in [4.78, 5) is 2.39. The first-order valence-corrected chi connectivity index (χ1v) is 7.73. The molecule has 0 aliphatic carbocycles. The maximum absolute atomic E-state index is 5.35. The lowest BCUT2D eigenvalue weighted by Crippen LogP contribution is -2.24. The van der Waals surface area contributed by atoms with Gasteiger partial charge in [0.25, 0.3) is 0 Å². The third kappa shape index (κ3) is 3.87. The topological polar surface area (TPSA) is 33.7 Å². The summed E-state index contributed by atoms with van der Waals surface area (Å²) in [7, 11) is 5.50. The van der Waals surface area contributed by atoms with E-state index >= 15 is 0 Å². The maximum atomic E-state index is 5.35. The van der Waals surface area contributed by atoms with Crippen LogP contribution >= 0.6 is 15.9 Å². The molecule has 2 rings (SSSR count). The fraction of sp³-hybridized carbons (Fsp3) is 0.600. The summed E-state index contributed by atoms with van der Waals surface area (Å²) >= 11 is 3.59. The van der Waals surface area contributed by atoms with Crippen LogP contribution in [0.2, 0.25) is 0 Å². The van der Waals surface area contributed by atoms with Crippen LogP contribution in [0.15, 0.2) is 16.6 Å². The predicted octanol–water partition coefficient (Wildman–Crippen LogP) is 2.51. The van der Waals surface area contributed by atoms with E-state index in [1.165, 1.54) is 25.1 Å². The van der Waals surface area contributed by atoms with Crippen molar-refractivity contribution in [1.29, 1.82) is 0 Å². The number of nitrogens with one attached hydrogen (secondary N) is 1. The molecule has 5 heteroatoms. The van der Waals surface area contributed by atoms with Gasteiger partial charge in [-0.05, 0) is 50.2 Å². The Bertz CT molecular complexity index is 454. The Kier molecular flexibility index (Phi) is 5.69. The summed E-state index contributed by atoms with van der Waals surface area (Å²) in [6, 6.07) is 3.98. The lowest BCUT2D eigenvalue weighted by molar-refractivity contribution is 0.354. The zero-order chi connectivity index (χ0) is 14.5. The first kappa shape index (κ1) is 15.6. The zero-order valence-electron chi connectivity index (χ0n) is 12.4. The predicted molar refractivity (Wildman–Crippen MR) is 84.6 cm³/mol. The van der Waals surface area contributed by atoms with Gasteiger partial charge in [0.1, 0.15) is 0 Å². The van der Waals surface area contributed by atoms with Gasteiger partial charge in [-0.2, -0.15) is 0 Å². The summed E-state index contributed by atoms with van der Waals surface area (Å²) in [5.74, 6) is 2.28. The number of hydrogen-bond donors (Lipinski definition) is 1. The van der Waals surface area contributed by atoms with Gasteiger partial charge in [-0.1, -0.05) is 15.9 Å². The van der Waals surface area contributed by atoms with Crippen molar-refractivity contribution < 1.29 is 9.47 Å². The van der Waals surface area contributed by atoms with E-state index in [4.69, 9.17) is 9.47 Å². The summed E-state index contributed by atoms with van der Waals surface area (Å²) in [6.45, 7) is 4.30. The molecule has 4 nitrogen and oxygen atoms in total. The van der Waals surface area contributed by atoms with Crippen LogP contribution in [0.3, 0.4) is 0 Å². The smallest absolute Gasteiger partial charge is 0.161 e. The van der Waals surface area contributed by atoms with Gasteiger partial charge in [0.15, 0.2) is 11.5 Å². The molecule has 0 bridgehead atoms. The number of methoxy groups -OCH3 is 2. The average molecular weight is 343 g/mol. The van der Waals surface area contributed by atoms with Crippen molar-refractivity contribution in [2.24, 2.45) is 5.92 Å². The SMILES string of the molecule is COc1cc(Br)c(CNCC2CCN(C)C2)cc1OC. The average Bonchev–Trinajstić information content (AvgIpc) is 2.85. The molecule has 0 saturated carbocycles. The van der Waals surface area contributed by atoms with E-state index in [1.54, 1.807) is 14.2 Å². The Morgan fingerprint density at radius 1 is 1.30 bits per heavy atom. The van der Waals surface area contributed by atoms with Gasteiger partial charge in [-0.25, -0.2) is 0 Å². The monoisotopic (exact) mass is 342 g/mol. The molecule has 1 aromatic carbocycles. The largest absolute Gasteiger partial charge is 0.493 e. The van der Waals surface area contributed by atoms with Crippen LogP contribution in [-0.4, -0.2) is 45.8 Å². The Morgan fingerprint density at radius 3 is 2.60 bits per heavy atom. The molecule has 1 saturated heterocycles. The molecule has 0 spiro atoms. The van der Waals surface area contributed by atoms with Crippen molar-refractivity contribution in [2.75, 3.05) is 40.9 Å². The van der Waals surface area contributed by atoms with E-state index < -0.39 is 0 Å². The van der Waals surface area contributed by atoms with Crippen molar-refractivity contribution in [3.63, 3.8) is 0 Å². The molecule has 1 aliphatic rings. The van der Waals surface area contributed by atoms with E-state index in [0.717, 1.165) is 35.0 Å². The Balaban J connectivity index is 1.92. The molecule has 0 aromatic heterocycles. The molecule has 1 N–H and O–H groups in total. The Morgan fingerprint density at radius 2 is 2.00 bits per heavy atom. The van der Waals surface area contributed by atoms with Crippen molar-refractivity contribution in [1.82, 2.24) is 10.2 Å². The van der Waals surface area contributed by atoms with Crippen molar-refractivity contribution in [3.8, 4) is 11.5 Å². The molecule has 1 atom stereocenters. The fourth-order valence-electron chi connectivity index (χ4n) is 2.64. The fourth-order valence-corrected chi connectivity index (χ4v) is 3.10. The first-order chi connectivity index (χ1) is 9.63. The Hall–Kier alpha value is -0.780. The second kappa shape index (κ2) is 7.29. The molecule has 1 aliphatic heterocycles. The minimum Gasteiger partial charge on any atom is -0.493 e. The van der Waals surface area contributed by atoms with Crippen LogP contribution in [0.1, 0.15) is 12.0 Å². The lowest BCUT2D eigenvalue weighted by atomic mass is 10.1. The van der Waals surface area contributed by atoms with Crippen LogP contribution < -0.4 is 14.8 Å². The van der Waals surface area contributed by atoms with Gasteiger partial charge in [-0.3, -0.25) is 0 Å². The van der Waals surface area contributed by atoms with Crippen LogP contribution in [0.4, 0.5) is 0 Å². The van der Waals surface area contributed by atoms with Crippen molar-refractivity contribution in [2.45, 2.75) is 13.0 Å². The summed E-state index contributed by atoms with van der Waals surface area (Å²) < 4.78 is 11.7. The third-order valence-electron chi connectivity index (χ3n) is 3.79. The van der Waals surface area contributed by atoms with E-state index in [0.29, 0.717) is 0 Å². The highest BCUT2D eigenvalue weighted by Crippen LogP contribution is 2.33. The first-order valence-electron chi connectivity index (χ1n) is 6.93. The Labute approximate surface area is 129 Å². The second-order valence-corrected chi connectivity index (χ2v) is 6.20. The molecule has 20 heavy (non-hydrogen) atoms. The van der Waals surface area contributed by atoms with Crippen molar-refractivity contribution >= 4 is 15.9 Å². The minimum absolute atomic E-state index is 0.751. The molecule has 0 amide bonds. The van der Waals surface area contributed by atoms with Crippen LogP contribution in [0.5, 0.6) is 11.5 Å². The molecule has 1 heterocycles. The van der Waals surface area contributed by atoms with Crippen LogP contribution in [0, 0.1) is 5.92 Å². The van der Waals surface area contributed by atoms with Crippen molar-refractivity contribution in [3.05, 3.63) is 22.2 Å². The number of hydrogen-bond acceptors (Lipinski definition) is 4. The number of rotatable bonds is 6. The highest BCUT2D eigenvalue weighted by molar-refractivity contribution is 9.10. The highest BCUT2D eigenvalue weighted by Gasteiger charge is 2.18. The van der Waals surface area contributed by atoms with Gasteiger partial charge < -0.3 is 19.7 Å². The van der Waals surface area contributed by atoms with Gasteiger partial charge in [0, 0.05) is 17.6 Å². The summed E-state index contributed by atoms with van der Waals surface area (Å²) in [5.41, 5.74) is 1.19. The third-order valence-corrected chi connectivity index (χ3v) is 4.53. The molecule has 1 fully saturated rings. The standard InChI is InChI=1S/C15H23BrN2O2/c1-18-5-4-11(10-18)8-17-9-12-6-14(19-2)15(20-3)7-13(12)16/h6-7,11,17H,4-5,8-10H2,1-3H3. The van der Waals surface area contributed by atoms with Gasteiger partial charge in [0.05, 0.1) is 14.2 Å². The highest BCUT2D eigenvalue weighted by atomic mass is 79.9. The summed E-state index contributed by atoms with van der Waals surface area (Å²) in [6.07, 6.45) is 1.29. The lowest BCUT2D eigenvalue weighted by Gasteiger charge is -2.14. The normalized spacial score (nSPS) is 19.3. The molecule has 1 unspecified atom stereocenters. The summed E-state index contributed by atoms with van der Waals surface area (Å²) in [5, 5.41) is 3.54. The number of benzene rings is 1. The van der Waals surface area contributed by atoms with E-state index in [2.05, 4.69) is 33.2 Å². The molecular formula is C15H23BrN2O2. The van der Waals surface area contributed by atoms with Gasteiger partial charge in [0.2, 0.25) is 0 Å². The second-order valence-electron chi connectivity index (χ2n) is 5.35. The quantitative estimate of drug-likeness (QED) is 0.861.